The molecule has 3 aromatic rings. The molecule has 0 fully saturated rings. The molecule has 140 valence electrons. The van der Waals surface area contributed by atoms with E-state index >= 15 is 0 Å². The molecule has 0 unspecified atom stereocenters. The Hall–Kier alpha value is -2.68. The molecule has 27 heavy (non-hydrogen) atoms. The van der Waals surface area contributed by atoms with Crippen molar-refractivity contribution in [2.45, 2.75) is 17.9 Å². The minimum atomic E-state index is -3.85. The van der Waals surface area contributed by atoms with Crippen molar-refractivity contribution < 1.29 is 13.2 Å². The van der Waals surface area contributed by atoms with Crippen LogP contribution < -0.4 is 10.0 Å². The van der Waals surface area contributed by atoms with Gasteiger partial charge in [0.15, 0.2) is 0 Å². The summed E-state index contributed by atoms with van der Waals surface area (Å²) in [6, 6.07) is 13.6. The molecule has 0 aliphatic carbocycles. The first-order valence-corrected chi connectivity index (χ1v) is 9.91. The molecule has 2 aromatic carbocycles. The number of hydrogen-bond acceptors (Lipinski definition) is 4. The first kappa shape index (κ1) is 19.1. The van der Waals surface area contributed by atoms with Crippen LogP contribution in [-0.2, 0) is 14.8 Å². The number of sulfonamides is 1. The molecule has 0 aliphatic heterocycles. The van der Waals surface area contributed by atoms with E-state index in [0.29, 0.717) is 16.4 Å². The standard InChI is InChI=1S/C18H17ClN4O3S/c1-13(22-27(25,26)15-9-7-14(19)8-10-15)18(24)21-16-5-2-3-6-17(16)23-12-4-11-20-23/h2-13,22H,1H3,(H,21,24)/t13-/m0/s1. The second-order valence-corrected chi connectivity index (χ2v) is 7.90. The van der Waals surface area contributed by atoms with Crippen LogP contribution in [-0.4, -0.2) is 30.1 Å². The molecule has 1 atom stereocenters. The van der Waals surface area contributed by atoms with E-state index in [1.165, 1.54) is 31.2 Å². The monoisotopic (exact) mass is 404 g/mol. The lowest BCUT2D eigenvalue weighted by Crippen LogP contribution is -2.41. The van der Waals surface area contributed by atoms with Gasteiger partial charge in [0, 0.05) is 17.4 Å². The van der Waals surface area contributed by atoms with E-state index < -0.39 is 22.0 Å². The fourth-order valence-corrected chi connectivity index (χ4v) is 3.73. The number of rotatable bonds is 6. The van der Waals surface area contributed by atoms with Gasteiger partial charge in [-0.15, -0.1) is 0 Å². The van der Waals surface area contributed by atoms with Crippen molar-refractivity contribution in [2.24, 2.45) is 0 Å². The molecule has 2 N–H and O–H groups in total. The molecule has 0 aliphatic rings. The van der Waals surface area contributed by atoms with Crippen molar-refractivity contribution in [3.8, 4) is 5.69 Å². The lowest BCUT2D eigenvalue weighted by molar-refractivity contribution is -0.117. The van der Waals surface area contributed by atoms with Gasteiger partial charge < -0.3 is 5.32 Å². The largest absolute Gasteiger partial charge is 0.323 e. The van der Waals surface area contributed by atoms with Gasteiger partial charge in [0.1, 0.15) is 0 Å². The van der Waals surface area contributed by atoms with Crippen LogP contribution in [0.1, 0.15) is 6.92 Å². The highest BCUT2D eigenvalue weighted by atomic mass is 35.5. The third kappa shape index (κ3) is 4.54. The summed E-state index contributed by atoms with van der Waals surface area (Å²) in [5.41, 5.74) is 1.19. The average Bonchev–Trinajstić information content (AvgIpc) is 3.16. The van der Waals surface area contributed by atoms with E-state index in [1.54, 1.807) is 41.3 Å². The van der Waals surface area contributed by atoms with Gasteiger partial charge in [-0.05, 0) is 49.4 Å². The summed E-state index contributed by atoms with van der Waals surface area (Å²) in [5.74, 6) is -0.493. The van der Waals surface area contributed by atoms with Crippen LogP contribution in [0.25, 0.3) is 5.69 Å². The molecule has 1 heterocycles. The van der Waals surface area contributed by atoms with E-state index in [9.17, 15) is 13.2 Å². The van der Waals surface area contributed by atoms with Gasteiger partial charge in [0.05, 0.1) is 22.3 Å². The van der Waals surface area contributed by atoms with Gasteiger partial charge in [0.2, 0.25) is 15.9 Å². The molecule has 3 rings (SSSR count). The number of para-hydroxylation sites is 2. The Morgan fingerprint density at radius 3 is 2.48 bits per heavy atom. The van der Waals surface area contributed by atoms with Crippen molar-refractivity contribution in [1.82, 2.24) is 14.5 Å². The molecule has 1 amide bonds. The Morgan fingerprint density at radius 2 is 1.81 bits per heavy atom. The number of nitrogens with one attached hydrogen (secondary N) is 2. The summed E-state index contributed by atoms with van der Waals surface area (Å²) < 4.78 is 28.8. The number of nitrogens with zero attached hydrogens (tertiary/aromatic N) is 2. The van der Waals surface area contributed by atoms with E-state index in [1.807, 2.05) is 6.07 Å². The average molecular weight is 405 g/mol. The number of carbonyl (C=O) groups excluding carboxylic acids is 1. The molecule has 0 spiro atoms. The Kier molecular flexibility index (Phi) is 5.59. The van der Waals surface area contributed by atoms with E-state index in [4.69, 9.17) is 11.6 Å². The van der Waals surface area contributed by atoms with Crippen LogP contribution in [0.15, 0.2) is 71.9 Å². The quantitative estimate of drug-likeness (QED) is 0.660. The third-order valence-electron chi connectivity index (χ3n) is 3.76. The van der Waals surface area contributed by atoms with Gasteiger partial charge >= 0.3 is 0 Å². The number of anilines is 1. The Bertz CT molecular complexity index is 1030. The minimum Gasteiger partial charge on any atom is -0.323 e. The minimum absolute atomic E-state index is 0.0310. The number of carbonyl (C=O) groups is 1. The van der Waals surface area contributed by atoms with E-state index in [0.717, 1.165) is 0 Å². The van der Waals surface area contributed by atoms with Crippen molar-refractivity contribution >= 4 is 33.2 Å². The molecular weight excluding hydrogens is 388 g/mol. The van der Waals surface area contributed by atoms with Crippen molar-refractivity contribution in [3.63, 3.8) is 0 Å². The molecular formula is C18H17ClN4O3S. The Labute approximate surface area is 162 Å². The molecule has 0 saturated heterocycles. The van der Waals surface area contributed by atoms with E-state index in [2.05, 4.69) is 15.1 Å². The summed E-state index contributed by atoms with van der Waals surface area (Å²) in [5, 5.41) is 7.31. The third-order valence-corrected chi connectivity index (χ3v) is 5.57. The fraction of sp³-hybridized carbons (Fsp3) is 0.111. The lowest BCUT2D eigenvalue weighted by Gasteiger charge is -2.16. The van der Waals surface area contributed by atoms with Crippen LogP contribution in [0.5, 0.6) is 0 Å². The highest BCUT2D eigenvalue weighted by molar-refractivity contribution is 7.89. The zero-order valence-corrected chi connectivity index (χ0v) is 15.9. The molecule has 7 nitrogen and oxygen atoms in total. The smallest absolute Gasteiger partial charge is 0.242 e. The van der Waals surface area contributed by atoms with Crippen LogP contribution in [0, 0.1) is 0 Å². The van der Waals surface area contributed by atoms with Gasteiger partial charge in [-0.1, -0.05) is 23.7 Å². The van der Waals surface area contributed by atoms with Gasteiger partial charge in [-0.2, -0.15) is 9.82 Å². The van der Waals surface area contributed by atoms with Crippen molar-refractivity contribution in [1.29, 1.82) is 0 Å². The zero-order valence-electron chi connectivity index (χ0n) is 14.3. The number of aromatic nitrogens is 2. The number of halogens is 1. The van der Waals surface area contributed by atoms with Crippen molar-refractivity contribution in [2.75, 3.05) is 5.32 Å². The number of hydrogen-bond donors (Lipinski definition) is 2. The maximum absolute atomic E-state index is 12.5. The van der Waals surface area contributed by atoms with Crippen LogP contribution in [0.2, 0.25) is 5.02 Å². The Balaban J connectivity index is 1.74. The highest BCUT2D eigenvalue weighted by Gasteiger charge is 2.22. The summed E-state index contributed by atoms with van der Waals surface area (Å²) in [4.78, 5) is 12.5. The molecule has 0 saturated carbocycles. The summed E-state index contributed by atoms with van der Waals surface area (Å²) in [6.07, 6.45) is 3.37. The van der Waals surface area contributed by atoms with Crippen molar-refractivity contribution in [3.05, 3.63) is 72.0 Å². The molecule has 0 bridgehead atoms. The molecule has 0 radical (unpaired) electrons. The zero-order chi connectivity index (χ0) is 19.4. The predicted octanol–water partition coefficient (Wildman–Crippen LogP) is 2.83. The maximum Gasteiger partial charge on any atom is 0.242 e. The summed E-state index contributed by atoms with van der Waals surface area (Å²) in [6.45, 7) is 1.47. The normalized spacial score (nSPS) is 12.5. The number of benzene rings is 2. The topological polar surface area (TPSA) is 93.1 Å². The van der Waals surface area contributed by atoms with Crippen LogP contribution in [0.3, 0.4) is 0 Å². The Morgan fingerprint density at radius 1 is 1.11 bits per heavy atom. The summed E-state index contributed by atoms with van der Waals surface area (Å²) in [7, 11) is -3.85. The maximum atomic E-state index is 12.5. The van der Waals surface area contributed by atoms with Crippen LogP contribution in [0.4, 0.5) is 5.69 Å². The second kappa shape index (κ2) is 7.91. The predicted molar refractivity (Wildman–Crippen MR) is 103 cm³/mol. The fourth-order valence-electron chi connectivity index (χ4n) is 2.40. The van der Waals surface area contributed by atoms with Gasteiger partial charge in [0.25, 0.3) is 0 Å². The second-order valence-electron chi connectivity index (χ2n) is 5.75. The SMILES string of the molecule is C[C@H](NS(=O)(=O)c1ccc(Cl)cc1)C(=O)Nc1ccccc1-n1cccn1. The first-order chi connectivity index (χ1) is 12.9. The lowest BCUT2D eigenvalue weighted by atomic mass is 10.2. The van der Waals surface area contributed by atoms with Gasteiger partial charge in [-0.25, -0.2) is 13.1 Å². The van der Waals surface area contributed by atoms with Crippen LogP contribution >= 0.6 is 11.6 Å². The molecule has 9 heteroatoms. The molecule has 1 aromatic heterocycles. The van der Waals surface area contributed by atoms with E-state index in [-0.39, 0.29) is 4.90 Å². The first-order valence-electron chi connectivity index (χ1n) is 8.04. The highest BCUT2D eigenvalue weighted by Crippen LogP contribution is 2.19. The number of amides is 1. The van der Waals surface area contributed by atoms with Gasteiger partial charge in [-0.3, -0.25) is 4.79 Å². The summed E-state index contributed by atoms with van der Waals surface area (Å²) >= 11 is 5.78.